The van der Waals surface area contributed by atoms with Gasteiger partial charge in [-0.05, 0) is 26.0 Å². The minimum atomic E-state index is -0.193. The monoisotopic (exact) mass is 237 g/mol. The Bertz CT molecular complexity index is 437. The Morgan fingerprint density at radius 1 is 1.62 bits per heavy atom. The summed E-state index contributed by atoms with van der Waals surface area (Å²) in [5.41, 5.74) is 0.410. The highest BCUT2D eigenvalue weighted by Gasteiger charge is 2.08. The van der Waals surface area contributed by atoms with Gasteiger partial charge in [0.15, 0.2) is 0 Å². The maximum atomic E-state index is 10.9. The quantitative estimate of drug-likeness (QED) is 0.809. The number of carbonyl (C=O) groups excluding carboxylic acids is 1. The van der Waals surface area contributed by atoms with Crippen LogP contribution in [0, 0.1) is 11.3 Å². The van der Waals surface area contributed by atoms with E-state index in [1.54, 1.807) is 18.2 Å². The summed E-state index contributed by atoms with van der Waals surface area (Å²) < 4.78 is 5.49. The smallest absolute Gasteiger partial charge is 0.133 e. The summed E-state index contributed by atoms with van der Waals surface area (Å²) in [6.45, 7) is 3.33. The lowest BCUT2D eigenvalue weighted by molar-refractivity contribution is -0.118. The predicted molar refractivity (Wildman–Crippen MR) is 61.6 cm³/mol. The number of hydrogen-bond acceptors (Lipinski definition) is 3. The fraction of sp³-hybridized carbons (Fsp3) is 0.333. The molecule has 1 atom stereocenters. The number of benzene rings is 1. The molecule has 0 aliphatic carbocycles. The van der Waals surface area contributed by atoms with Crippen molar-refractivity contribution < 1.29 is 9.53 Å². The SMILES string of the molecule is CC(=O)CC(C)Oc1ccc(C#N)c(Cl)c1. The molecule has 0 aromatic heterocycles. The Labute approximate surface area is 99.6 Å². The lowest BCUT2D eigenvalue weighted by atomic mass is 10.2. The van der Waals surface area contributed by atoms with Crippen LogP contribution in [0.1, 0.15) is 25.8 Å². The second-order valence-electron chi connectivity index (χ2n) is 3.59. The molecule has 0 spiro atoms. The second kappa shape index (κ2) is 5.53. The Morgan fingerprint density at radius 2 is 2.31 bits per heavy atom. The van der Waals surface area contributed by atoms with E-state index in [9.17, 15) is 4.79 Å². The summed E-state index contributed by atoms with van der Waals surface area (Å²) in [6.07, 6.45) is 0.166. The number of ketones is 1. The van der Waals surface area contributed by atoms with Crippen molar-refractivity contribution >= 4 is 17.4 Å². The number of carbonyl (C=O) groups is 1. The van der Waals surface area contributed by atoms with E-state index >= 15 is 0 Å². The van der Waals surface area contributed by atoms with E-state index in [1.165, 1.54) is 6.92 Å². The van der Waals surface area contributed by atoms with Crippen LogP contribution in [0.25, 0.3) is 0 Å². The number of Topliss-reactive ketones (excluding diaryl/α,β-unsaturated/α-hetero) is 1. The first-order chi connectivity index (χ1) is 7.52. The van der Waals surface area contributed by atoms with Gasteiger partial charge < -0.3 is 4.74 Å². The molecule has 0 radical (unpaired) electrons. The molecule has 0 amide bonds. The number of hydrogen-bond donors (Lipinski definition) is 0. The van der Waals surface area contributed by atoms with Crippen LogP contribution >= 0.6 is 11.6 Å². The van der Waals surface area contributed by atoms with Gasteiger partial charge in [-0.15, -0.1) is 0 Å². The summed E-state index contributed by atoms with van der Waals surface area (Å²) in [5, 5.41) is 9.05. The zero-order valence-electron chi connectivity index (χ0n) is 9.16. The third-order valence-electron chi connectivity index (χ3n) is 1.97. The third-order valence-corrected chi connectivity index (χ3v) is 2.29. The number of nitriles is 1. The highest BCUT2D eigenvalue weighted by Crippen LogP contribution is 2.23. The van der Waals surface area contributed by atoms with Gasteiger partial charge >= 0.3 is 0 Å². The molecular weight excluding hydrogens is 226 g/mol. The van der Waals surface area contributed by atoms with Crippen LogP contribution in [-0.2, 0) is 4.79 Å². The van der Waals surface area contributed by atoms with Crippen LogP contribution in [0.15, 0.2) is 18.2 Å². The number of halogens is 1. The Kier molecular flexibility index (Phi) is 4.33. The van der Waals surface area contributed by atoms with E-state index in [0.717, 1.165) is 0 Å². The highest BCUT2D eigenvalue weighted by atomic mass is 35.5. The first kappa shape index (κ1) is 12.5. The van der Waals surface area contributed by atoms with Crippen molar-refractivity contribution in [3.63, 3.8) is 0 Å². The molecule has 0 bridgehead atoms. The van der Waals surface area contributed by atoms with Crippen molar-refractivity contribution in [1.82, 2.24) is 0 Å². The van der Waals surface area contributed by atoms with Gasteiger partial charge in [0.25, 0.3) is 0 Å². The van der Waals surface area contributed by atoms with Gasteiger partial charge in [0.2, 0.25) is 0 Å². The molecule has 1 aromatic carbocycles. The Balaban J connectivity index is 2.72. The molecule has 4 heteroatoms. The number of ether oxygens (including phenoxy) is 1. The summed E-state index contributed by atoms with van der Waals surface area (Å²) in [6, 6.07) is 6.81. The molecule has 0 heterocycles. The highest BCUT2D eigenvalue weighted by molar-refractivity contribution is 6.31. The van der Waals surface area contributed by atoms with E-state index in [1.807, 2.05) is 13.0 Å². The summed E-state index contributed by atoms with van der Waals surface area (Å²) >= 11 is 5.85. The Hall–Kier alpha value is -1.53. The number of rotatable bonds is 4. The van der Waals surface area contributed by atoms with Crippen LogP contribution in [0.2, 0.25) is 5.02 Å². The lowest BCUT2D eigenvalue weighted by Crippen LogP contribution is -2.15. The standard InChI is InChI=1S/C12H12ClNO2/c1-8(15)5-9(2)16-11-4-3-10(7-14)12(13)6-11/h3-4,6,9H,5H2,1-2H3. The van der Waals surface area contributed by atoms with Gasteiger partial charge in [-0.3, -0.25) is 4.79 Å². The van der Waals surface area contributed by atoms with Gasteiger partial charge in [0, 0.05) is 12.5 Å². The van der Waals surface area contributed by atoms with E-state index in [2.05, 4.69) is 0 Å². The second-order valence-corrected chi connectivity index (χ2v) is 4.00. The Morgan fingerprint density at radius 3 is 2.81 bits per heavy atom. The zero-order chi connectivity index (χ0) is 12.1. The van der Waals surface area contributed by atoms with Crippen molar-refractivity contribution in [2.24, 2.45) is 0 Å². The van der Waals surface area contributed by atoms with Crippen molar-refractivity contribution in [3.8, 4) is 11.8 Å². The van der Waals surface area contributed by atoms with Crippen LogP contribution in [0.4, 0.5) is 0 Å². The molecule has 0 saturated heterocycles. The van der Waals surface area contributed by atoms with Crippen LogP contribution < -0.4 is 4.74 Å². The average molecular weight is 238 g/mol. The first-order valence-electron chi connectivity index (χ1n) is 4.88. The van der Waals surface area contributed by atoms with Gasteiger partial charge in [-0.2, -0.15) is 5.26 Å². The normalized spacial score (nSPS) is 11.6. The molecule has 0 aliphatic rings. The van der Waals surface area contributed by atoms with Gasteiger partial charge in [0.05, 0.1) is 10.6 Å². The molecule has 3 nitrogen and oxygen atoms in total. The van der Waals surface area contributed by atoms with Gasteiger partial charge in [-0.25, -0.2) is 0 Å². The average Bonchev–Trinajstić information content (AvgIpc) is 2.16. The van der Waals surface area contributed by atoms with Crippen molar-refractivity contribution in [2.45, 2.75) is 26.4 Å². The minimum absolute atomic E-state index is 0.0761. The molecule has 0 fully saturated rings. The molecule has 0 saturated carbocycles. The fourth-order valence-electron chi connectivity index (χ4n) is 1.34. The molecule has 1 rings (SSSR count). The predicted octanol–water partition coefficient (Wildman–Crippen LogP) is 2.96. The van der Waals surface area contributed by atoms with E-state index < -0.39 is 0 Å². The van der Waals surface area contributed by atoms with Crippen LogP contribution in [0.5, 0.6) is 5.75 Å². The molecular formula is C12H12ClNO2. The summed E-state index contributed by atoms with van der Waals surface area (Å²) in [4.78, 5) is 10.9. The van der Waals surface area contributed by atoms with Crippen LogP contribution in [-0.4, -0.2) is 11.9 Å². The number of nitrogens with zero attached hydrogens (tertiary/aromatic N) is 1. The largest absolute Gasteiger partial charge is 0.490 e. The third kappa shape index (κ3) is 3.56. The van der Waals surface area contributed by atoms with E-state index in [-0.39, 0.29) is 11.9 Å². The molecule has 1 unspecified atom stereocenters. The van der Waals surface area contributed by atoms with Gasteiger partial charge in [0.1, 0.15) is 23.7 Å². The molecule has 0 N–H and O–H groups in total. The topological polar surface area (TPSA) is 50.1 Å². The zero-order valence-corrected chi connectivity index (χ0v) is 9.91. The van der Waals surface area contributed by atoms with Crippen molar-refractivity contribution in [2.75, 3.05) is 0 Å². The fourth-order valence-corrected chi connectivity index (χ4v) is 1.55. The maximum absolute atomic E-state index is 10.9. The molecule has 16 heavy (non-hydrogen) atoms. The maximum Gasteiger partial charge on any atom is 0.133 e. The van der Waals surface area contributed by atoms with Crippen molar-refractivity contribution in [1.29, 1.82) is 5.26 Å². The van der Waals surface area contributed by atoms with E-state index in [4.69, 9.17) is 21.6 Å². The minimum Gasteiger partial charge on any atom is -0.490 e. The summed E-state index contributed by atoms with van der Waals surface area (Å²) in [7, 11) is 0. The van der Waals surface area contributed by atoms with Gasteiger partial charge in [-0.1, -0.05) is 11.6 Å². The molecule has 0 aliphatic heterocycles. The van der Waals surface area contributed by atoms with Crippen LogP contribution in [0.3, 0.4) is 0 Å². The molecule has 84 valence electrons. The first-order valence-corrected chi connectivity index (χ1v) is 5.26. The van der Waals surface area contributed by atoms with E-state index in [0.29, 0.717) is 22.8 Å². The summed E-state index contributed by atoms with van der Waals surface area (Å²) in [5.74, 6) is 0.644. The van der Waals surface area contributed by atoms with Crippen molar-refractivity contribution in [3.05, 3.63) is 28.8 Å². The molecule has 1 aromatic rings. The lowest BCUT2D eigenvalue weighted by Gasteiger charge is -2.13.